The van der Waals surface area contributed by atoms with Crippen LogP contribution in [0.3, 0.4) is 0 Å². The van der Waals surface area contributed by atoms with E-state index < -0.39 is 0 Å². The number of ether oxygens (including phenoxy) is 1. The van der Waals surface area contributed by atoms with Crippen LogP contribution < -0.4 is 0 Å². The number of cyclic esters (lactones) is 1. The molecule has 1 aliphatic heterocycles. The van der Waals surface area contributed by atoms with Crippen molar-refractivity contribution in [3.05, 3.63) is 29.3 Å². The predicted molar refractivity (Wildman–Crippen MR) is 47.3 cm³/mol. The number of hydrogen-bond acceptors (Lipinski definition) is 3. The Hall–Kier alpha value is -0.960. The Labute approximate surface area is 74.9 Å². The van der Waals surface area contributed by atoms with Crippen molar-refractivity contribution in [2.24, 2.45) is 0 Å². The van der Waals surface area contributed by atoms with Gasteiger partial charge in [0.15, 0.2) is 0 Å². The van der Waals surface area contributed by atoms with E-state index in [9.17, 15) is 4.79 Å². The molecule has 0 N–H and O–H groups in total. The highest BCUT2D eigenvalue weighted by molar-refractivity contribution is 7.98. The summed E-state index contributed by atoms with van der Waals surface area (Å²) < 4.78 is 4.87. The first-order valence-electron chi connectivity index (χ1n) is 3.65. The minimum atomic E-state index is -0.197. The molecule has 0 bridgehead atoms. The van der Waals surface area contributed by atoms with Crippen molar-refractivity contribution in [2.75, 3.05) is 6.26 Å². The second kappa shape index (κ2) is 2.83. The molecule has 2 rings (SSSR count). The molecule has 1 aliphatic rings. The molecule has 0 atom stereocenters. The number of hydrogen-bond donors (Lipinski definition) is 0. The van der Waals surface area contributed by atoms with Crippen molar-refractivity contribution < 1.29 is 9.53 Å². The van der Waals surface area contributed by atoms with Crippen molar-refractivity contribution in [2.45, 2.75) is 11.5 Å². The Morgan fingerprint density at radius 1 is 1.50 bits per heavy atom. The van der Waals surface area contributed by atoms with E-state index in [0.717, 1.165) is 5.56 Å². The molecule has 2 nitrogen and oxygen atoms in total. The largest absolute Gasteiger partial charge is 0.457 e. The summed E-state index contributed by atoms with van der Waals surface area (Å²) in [5, 5.41) is 0. The topological polar surface area (TPSA) is 26.3 Å². The average molecular weight is 180 g/mol. The molecule has 0 saturated heterocycles. The summed E-state index contributed by atoms with van der Waals surface area (Å²) in [4.78, 5) is 12.2. The summed E-state index contributed by atoms with van der Waals surface area (Å²) in [6, 6.07) is 5.78. The van der Waals surface area contributed by atoms with E-state index in [1.54, 1.807) is 11.8 Å². The van der Waals surface area contributed by atoms with E-state index in [4.69, 9.17) is 4.74 Å². The first kappa shape index (κ1) is 7.68. The quantitative estimate of drug-likeness (QED) is 0.489. The maximum absolute atomic E-state index is 11.0. The van der Waals surface area contributed by atoms with Gasteiger partial charge in [-0.05, 0) is 24.5 Å². The van der Waals surface area contributed by atoms with E-state index >= 15 is 0 Å². The fourth-order valence-corrected chi connectivity index (χ4v) is 1.70. The van der Waals surface area contributed by atoms with Gasteiger partial charge in [-0.15, -0.1) is 11.8 Å². The van der Waals surface area contributed by atoms with Crippen molar-refractivity contribution in [1.82, 2.24) is 0 Å². The summed E-state index contributed by atoms with van der Waals surface area (Å²) in [5.41, 5.74) is 1.72. The van der Waals surface area contributed by atoms with Crippen LogP contribution in [0.25, 0.3) is 0 Å². The van der Waals surface area contributed by atoms with E-state index in [1.807, 2.05) is 24.5 Å². The Morgan fingerprint density at radius 2 is 2.33 bits per heavy atom. The number of rotatable bonds is 1. The zero-order valence-corrected chi connectivity index (χ0v) is 7.48. The third-order valence-electron chi connectivity index (χ3n) is 1.89. The Kier molecular flexibility index (Phi) is 1.81. The molecule has 3 heteroatoms. The highest BCUT2D eigenvalue weighted by Crippen LogP contribution is 2.24. The highest BCUT2D eigenvalue weighted by atomic mass is 32.2. The standard InChI is InChI=1S/C9H8O2S/c1-12-7-2-3-8-6(4-7)5-11-9(8)10/h2-4H,5H2,1H3. The predicted octanol–water partition coefficient (Wildman–Crippen LogP) is 2.08. The van der Waals surface area contributed by atoms with Gasteiger partial charge in [0.1, 0.15) is 6.61 Å². The van der Waals surface area contributed by atoms with Crippen molar-refractivity contribution >= 4 is 17.7 Å². The minimum absolute atomic E-state index is 0.197. The Morgan fingerprint density at radius 3 is 3.08 bits per heavy atom. The van der Waals surface area contributed by atoms with Gasteiger partial charge >= 0.3 is 5.97 Å². The number of esters is 1. The first-order valence-corrected chi connectivity index (χ1v) is 4.88. The number of thioether (sulfide) groups is 1. The van der Waals surface area contributed by atoms with Gasteiger partial charge in [-0.3, -0.25) is 0 Å². The Balaban J connectivity index is 2.48. The van der Waals surface area contributed by atoms with Crippen LogP contribution in [0.5, 0.6) is 0 Å². The summed E-state index contributed by atoms with van der Waals surface area (Å²) in [5.74, 6) is -0.197. The van der Waals surface area contributed by atoms with Crippen LogP contribution in [-0.4, -0.2) is 12.2 Å². The summed E-state index contributed by atoms with van der Waals surface area (Å²) in [6.45, 7) is 0.433. The molecule has 0 aromatic heterocycles. The third-order valence-corrected chi connectivity index (χ3v) is 2.62. The van der Waals surface area contributed by atoms with Gasteiger partial charge in [0.25, 0.3) is 0 Å². The van der Waals surface area contributed by atoms with Gasteiger partial charge in [-0.25, -0.2) is 4.79 Å². The van der Waals surface area contributed by atoms with Crippen molar-refractivity contribution in [3.8, 4) is 0 Å². The number of benzene rings is 1. The molecule has 1 heterocycles. The van der Waals surface area contributed by atoms with Crippen molar-refractivity contribution in [1.29, 1.82) is 0 Å². The second-order valence-electron chi connectivity index (χ2n) is 2.60. The van der Waals surface area contributed by atoms with E-state index in [-0.39, 0.29) is 5.97 Å². The fourth-order valence-electron chi connectivity index (χ4n) is 1.24. The molecule has 0 radical (unpaired) electrons. The van der Waals surface area contributed by atoms with Gasteiger partial charge < -0.3 is 4.74 Å². The van der Waals surface area contributed by atoms with E-state index in [0.29, 0.717) is 12.2 Å². The maximum Gasteiger partial charge on any atom is 0.338 e. The van der Waals surface area contributed by atoms with Gasteiger partial charge in [-0.2, -0.15) is 0 Å². The van der Waals surface area contributed by atoms with Crippen LogP contribution >= 0.6 is 11.8 Å². The van der Waals surface area contributed by atoms with Crippen LogP contribution in [-0.2, 0) is 11.3 Å². The molecule has 12 heavy (non-hydrogen) atoms. The molecule has 0 spiro atoms. The molecule has 0 fully saturated rings. The van der Waals surface area contributed by atoms with Gasteiger partial charge in [0, 0.05) is 10.5 Å². The van der Waals surface area contributed by atoms with E-state index in [2.05, 4.69) is 0 Å². The number of carbonyl (C=O) groups is 1. The number of fused-ring (bicyclic) bond motifs is 1. The molecule has 62 valence electrons. The molecule has 0 saturated carbocycles. The Bertz CT molecular complexity index is 333. The lowest BCUT2D eigenvalue weighted by atomic mass is 10.1. The monoisotopic (exact) mass is 180 g/mol. The second-order valence-corrected chi connectivity index (χ2v) is 3.48. The van der Waals surface area contributed by atoms with Gasteiger partial charge in [0.2, 0.25) is 0 Å². The maximum atomic E-state index is 11.0. The van der Waals surface area contributed by atoms with Gasteiger partial charge in [0.05, 0.1) is 5.56 Å². The summed E-state index contributed by atoms with van der Waals surface area (Å²) in [7, 11) is 0. The first-order chi connectivity index (χ1) is 5.81. The summed E-state index contributed by atoms with van der Waals surface area (Å²) >= 11 is 1.67. The lowest BCUT2D eigenvalue weighted by Crippen LogP contribution is -1.92. The normalized spacial score (nSPS) is 14.2. The van der Waals surface area contributed by atoms with Crippen molar-refractivity contribution in [3.63, 3.8) is 0 Å². The zero-order valence-electron chi connectivity index (χ0n) is 6.66. The lowest BCUT2D eigenvalue weighted by molar-refractivity contribution is 0.0535. The molecule has 0 amide bonds. The number of carbonyl (C=O) groups excluding carboxylic acids is 1. The van der Waals surface area contributed by atoms with Crippen LogP contribution in [0.15, 0.2) is 23.1 Å². The van der Waals surface area contributed by atoms with Crippen LogP contribution in [0, 0.1) is 0 Å². The minimum Gasteiger partial charge on any atom is -0.457 e. The molecule has 0 aliphatic carbocycles. The van der Waals surface area contributed by atoms with E-state index in [1.165, 1.54) is 4.90 Å². The lowest BCUT2D eigenvalue weighted by Gasteiger charge is -1.97. The van der Waals surface area contributed by atoms with Crippen LogP contribution in [0.2, 0.25) is 0 Å². The SMILES string of the molecule is CSc1ccc2c(c1)COC2=O. The highest BCUT2D eigenvalue weighted by Gasteiger charge is 2.20. The smallest absolute Gasteiger partial charge is 0.338 e. The zero-order chi connectivity index (χ0) is 8.55. The van der Waals surface area contributed by atoms with Gasteiger partial charge in [-0.1, -0.05) is 0 Å². The molecule has 0 unspecified atom stereocenters. The molecule has 1 aromatic rings. The molecular weight excluding hydrogens is 172 g/mol. The fraction of sp³-hybridized carbons (Fsp3) is 0.222. The van der Waals surface area contributed by atoms with Crippen LogP contribution in [0.4, 0.5) is 0 Å². The average Bonchev–Trinajstić information content (AvgIpc) is 2.47. The molecule has 1 aromatic carbocycles. The third kappa shape index (κ3) is 1.10. The van der Waals surface area contributed by atoms with Crippen LogP contribution in [0.1, 0.15) is 15.9 Å². The molecular formula is C9H8O2S. The summed E-state index contributed by atoms with van der Waals surface area (Å²) in [6.07, 6.45) is 2.01.